The Morgan fingerprint density at radius 3 is 2.60 bits per heavy atom. The van der Waals surface area contributed by atoms with E-state index in [1.807, 2.05) is 7.05 Å². The van der Waals surface area contributed by atoms with Crippen molar-refractivity contribution in [3.8, 4) is 0 Å². The topological polar surface area (TPSA) is 29.9 Å². The molecule has 0 aliphatic heterocycles. The highest BCUT2D eigenvalue weighted by molar-refractivity contribution is 5.16. The maximum Gasteiger partial charge on any atom is 0.0596 e. The van der Waals surface area contributed by atoms with Crippen LogP contribution in [0.15, 0.2) is 36.4 Å². The van der Waals surface area contributed by atoms with E-state index < -0.39 is 0 Å². The zero-order valence-corrected chi connectivity index (χ0v) is 12.8. The van der Waals surface area contributed by atoms with Crippen molar-refractivity contribution in [3.63, 3.8) is 0 Å². The summed E-state index contributed by atoms with van der Waals surface area (Å²) in [6, 6.07) is 13.0. The fraction of sp³-hybridized carbons (Fsp3) is 0.471. The number of hydrogen-bond acceptors (Lipinski definition) is 2. The van der Waals surface area contributed by atoms with E-state index in [1.54, 1.807) is 0 Å². The molecular weight excluding hydrogens is 246 g/mol. The van der Waals surface area contributed by atoms with Crippen molar-refractivity contribution in [1.82, 2.24) is 15.1 Å². The van der Waals surface area contributed by atoms with Gasteiger partial charge in [-0.3, -0.25) is 4.68 Å². The third-order valence-corrected chi connectivity index (χ3v) is 3.64. The highest BCUT2D eigenvalue weighted by atomic mass is 15.3. The van der Waals surface area contributed by atoms with E-state index in [4.69, 9.17) is 0 Å². The van der Waals surface area contributed by atoms with Crippen molar-refractivity contribution in [2.45, 2.75) is 33.2 Å². The Kier molecular flexibility index (Phi) is 5.36. The third-order valence-electron chi connectivity index (χ3n) is 3.64. The van der Waals surface area contributed by atoms with Crippen LogP contribution in [-0.2, 0) is 19.4 Å². The van der Waals surface area contributed by atoms with Gasteiger partial charge >= 0.3 is 0 Å². The molecule has 2 aromatic rings. The first-order chi connectivity index (χ1) is 9.72. The molecule has 1 unspecified atom stereocenters. The number of aryl methyl sites for hydroxylation is 2. The van der Waals surface area contributed by atoms with Crippen LogP contribution in [0.5, 0.6) is 0 Å². The summed E-state index contributed by atoms with van der Waals surface area (Å²) in [5, 5.41) is 7.87. The van der Waals surface area contributed by atoms with Gasteiger partial charge in [-0.2, -0.15) is 5.10 Å². The van der Waals surface area contributed by atoms with Crippen molar-refractivity contribution < 1.29 is 0 Å². The van der Waals surface area contributed by atoms with Gasteiger partial charge < -0.3 is 5.32 Å². The van der Waals surface area contributed by atoms with Crippen LogP contribution in [0.25, 0.3) is 0 Å². The van der Waals surface area contributed by atoms with E-state index >= 15 is 0 Å². The van der Waals surface area contributed by atoms with Crippen LogP contribution in [0.3, 0.4) is 0 Å². The standard InChI is InChI=1S/C17H25N3/c1-4-20-17(10-14(2)19-20)12-16(13-18-3)11-15-8-6-5-7-9-15/h5-10,16,18H,4,11-13H2,1-3H3. The monoisotopic (exact) mass is 271 g/mol. The first kappa shape index (κ1) is 14.8. The summed E-state index contributed by atoms with van der Waals surface area (Å²) in [4.78, 5) is 0. The van der Waals surface area contributed by atoms with Gasteiger partial charge in [-0.1, -0.05) is 30.3 Å². The van der Waals surface area contributed by atoms with Crippen molar-refractivity contribution in [3.05, 3.63) is 53.3 Å². The predicted octanol–water partition coefficient (Wildman–Crippen LogP) is 2.83. The molecule has 0 spiro atoms. The van der Waals surface area contributed by atoms with Crippen LogP contribution < -0.4 is 5.32 Å². The van der Waals surface area contributed by atoms with Crippen LogP contribution in [0.4, 0.5) is 0 Å². The zero-order valence-electron chi connectivity index (χ0n) is 12.8. The molecule has 0 saturated carbocycles. The van der Waals surface area contributed by atoms with Gasteiger partial charge in [-0.05, 0) is 57.8 Å². The molecule has 0 bridgehead atoms. The fourth-order valence-electron chi connectivity index (χ4n) is 2.79. The predicted molar refractivity (Wildman–Crippen MR) is 83.9 cm³/mol. The minimum Gasteiger partial charge on any atom is -0.319 e. The average Bonchev–Trinajstić information content (AvgIpc) is 2.80. The second-order valence-electron chi connectivity index (χ2n) is 5.41. The lowest BCUT2D eigenvalue weighted by atomic mass is 9.94. The second-order valence-corrected chi connectivity index (χ2v) is 5.41. The van der Waals surface area contributed by atoms with Gasteiger partial charge in [0.1, 0.15) is 0 Å². The Bertz CT molecular complexity index is 516. The van der Waals surface area contributed by atoms with Gasteiger partial charge in [0.05, 0.1) is 5.69 Å². The van der Waals surface area contributed by atoms with Crippen LogP contribution in [0, 0.1) is 12.8 Å². The van der Waals surface area contributed by atoms with Crippen LogP contribution in [-0.4, -0.2) is 23.4 Å². The molecule has 2 rings (SSSR count). The highest BCUT2D eigenvalue weighted by Crippen LogP contribution is 2.15. The van der Waals surface area contributed by atoms with E-state index in [1.165, 1.54) is 11.3 Å². The molecule has 3 nitrogen and oxygen atoms in total. The fourth-order valence-corrected chi connectivity index (χ4v) is 2.79. The smallest absolute Gasteiger partial charge is 0.0596 e. The van der Waals surface area contributed by atoms with Gasteiger partial charge in [0.25, 0.3) is 0 Å². The SMILES string of the molecule is CCn1nc(C)cc1CC(CNC)Cc1ccccc1. The molecule has 0 radical (unpaired) electrons. The lowest BCUT2D eigenvalue weighted by molar-refractivity contribution is 0.470. The molecule has 1 N–H and O–H groups in total. The number of hydrogen-bond donors (Lipinski definition) is 1. The molecule has 1 aromatic heterocycles. The van der Waals surface area contributed by atoms with Gasteiger partial charge in [0, 0.05) is 12.2 Å². The number of benzene rings is 1. The largest absolute Gasteiger partial charge is 0.319 e. The summed E-state index contributed by atoms with van der Waals surface area (Å²) < 4.78 is 2.13. The summed E-state index contributed by atoms with van der Waals surface area (Å²) in [5.74, 6) is 0.601. The van der Waals surface area contributed by atoms with Crippen molar-refractivity contribution >= 4 is 0 Å². The van der Waals surface area contributed by atoms with Crippen LogP contribution in [0.2, 0.25) is 0 Å². The Labute approximate surface area is 122 Å². The number of aromatic nitrogens is 2. The molecular formula is C17H25N3. The normalized spacial score (nSPS) is 12.6. The molecule has 1 atom stereocenters. The van der Waals surface area contributed by atoms with E-state index in [0.717, 1.165) is 31.6 Å². The van der Waals surface area contributed by atoms with E-state index in [2.05, 4.69) is 65.3 Å². The molecule has 3 heteroatoms. The molecule has 0 fully saturated rings. The number of nitrogens with one attached hydrogen (secondary N) is 1. The lowest BCUT2D eigenvalue weighted by Gasteiger charge is -2.17. The third kappa shape index (κ3) is 3.94. The van der Waals surface area contributed by atoms with Gasteiger partial charge in [-0.25, -0.2) is 0 Å². The molecule has 0 aliphatic rings. The molecule has 0 saturated heterocycles. The first-order valence-corrected chi connectivity index (χ1v) is 7.44. The summed E-state index contributed by atoms with van der Waals surface area (Å²) in [7, 11) is 2.03. The Hall–Kier alpha value is -1.61. The van der Waals surface area contributed by atoms with Gasteiger partial charge in [0.15, 0.2) is 0 Å². The molecule has 1 aromatic carbocycles. The maximum atomic E-state index is 4.55. The molecule has 20 heavy (non-hydrogen) atoms. The quantitative estimate of drug-likeness (QED) is 0.839. The van der Waals surface area contributed by atoms with E-state index in [-0.39, 0.29) is 0 Å². The van der Waals surface area contributed by atoms with Gasteiger partial charge in [-0.15, -0.1) is 0 Å². The average molecular weight is 271 g/mol. The summed E-state index contributed by atoms with van der Waals surface area (Å²) >= 11 is 0. The zero-order chi connectivity index (χ0) is 14.4. The Balaban J connectivity index is 2.08. The second kappa shape index (κ2) is 7.25. The molecule has 108 valence electrons. The van der Waals surface area contributed by atoms with Crippen LogP contribution in [0.1, 0.15) is 23.9 Å². The molecule has 0 aliphatic carbocycles. The summed E-state index contributed by atoms with van der Waals surface area (Å²) in [6.45, 7) is 6.20. The Morgan fingerprint density at radius 2 is 1.95 bits per heavy atom. The van der Waals surface area contributed by atoms with Crippen LogP contribution >= 0.6 is 0 Å². The maximum absolute atomic E-state index is 4.55. The number of rotatable bonds is 7. The summed E-state index contributed by atoms with van der Waals surface area (Å²) in [5.41, 5.74) is 3.87. The first-order valence-electron chi connectivity index (χ1n) is 7.44. The minimum absolute atomic E-state index is 0.601. The van der Waals surface area contributed by atoms with Crippen molar-refractivity contribution in [2.24, 2.45) is 5.92 Å². The number of nitrogens with zero attached hydrogens (tertiary/aromatic N) is 2. The van der Waals surface area contributed by atoms with E-state index in [0.29, 0.717) is 5.92 Å². The molecule has 0 amide bonds. The van der Waals surface area contributed by atoms with Crippen molar-refractivity contribution in [2.75, 3.05) is 13.6 Å². The van der Waals surface area contributed by atoms with Crippen molar-refractivity contribution in [1.29, 1.82) is 0 Å². The van der Waals surface area contributed by atoms with Gasteiger partial charge in [0.2, 0.25) is 0 Å². The minimum atomic E-state index is 0.601. The highest BCUT2D eigenvalue weighted by Gasteiger charge is 2.13. The Morgan fingerprint density at radius 1 is 1.20 bits per heavy atom. The lowest BCUT2D eigenvalue weighted by Crippen LogP contribution is -2.24. The van der Waals surface area contributed by atoms with E-state index in [9.17, 15) is 0 Å². The molecule has 1 heterocycles. The summed E-state index contributed by atoms with van der Waals surface area (Å²) in [6.07, 6.45) is 2.18.